The second kappa shape index (κ2) is 6.30. The fourth-order valence-corrected chi connectivity index (χ4v) is 1.49. The van der Waals surface area contributed by atoms with E-state index in [4.69, 9.17) is 9.84 Å². The maximum atomic E-state index is 10.0. The van der Waals surface area contributed by atoms with Crippen molar-refractivity contribution in [1.82, 2.24) is 0 Å². The molecule has 88 valence electrons. The number of aliphatic hydroxyl groups is 2. The number of hydrogen-bond acceptors (Lipinski definition) is 3. The maximum Gasteiger partial charge on any atom is 0.118 e. The highest BCUT2D eigenvalue weighted by Gasteiger charge is 2.13. The number of methoxy groups -OCH3 is 1. The lowest BCUT2D eigenvalue weighted by molar-refractivity contribution is 0.139. The topological polar surface area (TPSA) is 49.7 Å². The van der Waals surface area contributed by atoms with Crippen LogP contribution in [0.25, 0.3) is 0 Å². The number of ether oxygens (including phenoxy) is 1. The monoisotopic (exact) mass is 222 g/mol. The van der Waals surface area contributed by atoms with Crippen molar-refractivity contribution < 1.29 is 14.9 Å². The molecule has 0 bridgehead atoms. The van der Waals surface area contributed by atoms with Crippen LogP contribution >= 0.6 is 0 Å². The van der Waals surface area contributed by atoms with E-state index in [0.717, 1.165) is 11.3 Å². The van der Waals surface area contributed by atoms with Crippen molar-refractivity contribution >= 4 is 0 Å². The van der Waals surface area contributed by atoms with E-state index < -0.39 is 6.10 Å². The molecule has 0 aromatic heterocycles. The molecule has 0 amide bonds. The smallest absolute Gasteiger partial charge is 0.118 e. The summed E-state index contributed by atoms with van der Waals surface area (Å²) >= 11 is 0. The Bertz CT molecular complexity index is 330. The normalized spacial score (nSPS) is 15.0. The predicted molar refractivity (Wildman–Crippen MR) is 63.3 cm³/mol. The van der Waals surface area contributed by atoms with Gasteiger partial charge in [-0.2, -0.15) is 0 Å². The van der Waals surface area contributed by atoms with Gasteiger partial charge >= 0.3 is 0 Å². The van der Waals surface area contributed by atoms with Crippen LogP contribution in [-0.4, -0.2) is 23.9 Å². The second-order valence-corrected chi connectivity index (χ2v) is 3.69. The van der Waals surface area contributed by atoms with Gasteiger partial charge in [-0.1, -0.05) is 31.2 Å². The van der Waals surface area contributed by atoms with E-state index in [9.17, 15) is 5.11 Å². The molecule has 16 heavy (non-hydrogen) atoms. The largest absolute Gasteiger partial charge is 0.497 e. The molecule has 0 saturated heterocycles. The van der Waals surface area contributed by atoms with Crippen molar-refractivity contribution in [3.8, 4) is 5.75 Å². The summed E-state index contributed by atoms with van der Waals surface area (Å²) in [5.74, 6) is 0.745. The zero-order valence-corrected chi connectivity index (χ0v) is 9.63. The Morgan fingerprint density at radius 3 is 2.44 bits per heavy atom. The Hall–Kier alpha value is -1.32. The molecule has 0 fully saturated rings. The Labute approximate surface area is 96.0 Å². The van der Waals surface area contributed by atoms with Crippen molar-refractivity contribution in [3.63, 3.8) is 0 Å². The van der Waals surface area contributed by atoms with Crippen molar-refractivity contribution in [2.45, 2.75) is 13.0 Å². The average Bonchev–Trinajstić information content (AvgIpc) is 2.35. The predicted octanol–water partition coefficient (Wildman–Crippen LogP) is 1.91. The molecule has 3 heteroatoms. The summed E-state index contributed by atoms with van der Waals surface area (Å²) in [6.45, 7) is 1.90. The SMILES string of the molecule is COc1ccc([C@@H](O)[C@@H](C)/C=C/CO)cc1. The maximum absolute atomic E-state index is 10.0. The summed E-state index contributed by atoms with van der Waals surface area (Å²) in [5, 5.41) is 18.7. The van der Waals surface area contributed by atoms with Gasteiger partial charge in [-0.15, -0.1) is 0 Å². The first kappa shape index (κ1) is 12.7. The van der Waals surface area contributed by atoms with Crippen LogP contribution in [0.3, 0.4) is 0 Å². The van der Waals surface area contributed by atoms with Crippen LogP contribution in [0.2, 0.25) is 0 Å². The minimum atomic E-state index is -0.561. The fraction of sp³-hybridized carbons (Fsp3) is 0.385. The summed E-state index contributed by atoms with van der Waals surface area (Å²) in [6, 6.07) is 7.32. The lowest BCUT2D eigenvalue weighted by atomic mass is 9.97. The highest BCUT2D eigenvalue weighted by Crippen LogP contribution is 2.24. The first-order chi connectivity index (χ1) is 7.69. The molecule has 0 unspecified atom stereocenters. The molecule has 2 N–H and O–H groups in total. The summed E-state index contributed by atoms with van der Waals surface area (Å²) in [6.07, 6.45) is 2.88. The zero-order valence-electron chi connectivity index (χ0n) is 9.63. The van der Waals surface area contributed by atoms with Crippen LogP contribution in [-0.2, 0) is 0 Å². The van der Waals surface area contributed by atoms with Crippen molar-refractivity contribution in [1.29, 1.82) is 0 Å². The van der Waals surface area contributed by atoms with Gasteiger partial charge in [-0.3, -0.25) is 0 Å². The van der Waals surface area contributed by atoms with Crippen LogP contribution in [0.1, 0.15) is 18.6 Å². The van der Waals surface area contributed by atoms with Gasteiger partial charge in [0.2, 0.25) is 0 Å². The number of aliphatic hydroxyl groups excluding tert-OH is 2. The molecule has 1 aromatic carbocycles. The third kappa shape index (κ3) is 3.36. The highest BCUT2D eigenvalue weighted by atomic mass is 16.5. The van der Waals surface area contributed by atoms with E-state index in [-0.39, 0.29) is 12.5 Å². The molecule has 0 aliphatic rings. The van der Waals surface area contributed by atoms with Crippen molar-refractivity contribution in [2.75, 3.05) is 13.7 Å². The molecule has 0 aliphatic carbocycles. The third-order valence-corrected chi connectivity index (χ3v) is 2.50. The van der Waals surface area contributed by atoms with Gasteiger partial charge in [-0.25, -0.2) is 0 Å². The molecule has 2 atom stereocenters. The second-order valence-electron chi connectivity index (χ2n) is 3.69. The molecule has 1 rings (SSSR count). The van der Waals surface area contributed by atoms with E-state index in [1.807, 2.05) is 31.2 Å². The quantitative estimate of drug-likeness (QED) is 0.748. The summed E-state index contributed by atoms with van der Waals surface area (Å²) < 4.78 is 5.05. The molecule has 0 spiro atoms. The minimum absolute atomic E-state index is 0.000325. The van der Waals surface area contributed by atoms with E-state index in [1.54, 1.807) is 19.3 Å². The van der Waals surface area contributed by atoms with E-state index >= 15 is 0 Å². The van der Waals surface area contributed by atoms with Crippen molar-refractivity contribution in [3.05, 3.63) is 42.0 Å². The fourth-order valence-electron chi connectivity index (χ4n) is 1.49. The summed E-state index contributed by atoms with van der Waals surface area (Å²) in [4.78, 5) is 0. The van der Waals surface area contributed by atoms with Gasteiger partial charge in [0.25, 0.3) is 0 Å². The van der Waals surface area contributed by atoms with Gasteiger partial charge in [0.05, 0.1) is 19.8 Å². The lowest BCUT2D eigenvalue weighted by Crippen LogP contribution is -2.06. The molecule has 1 aromatic rings. The molecule has 0 saturated carbocycles. The van der Waals surface area contributed by atoms with E-state index in [1.165, 1.54) is 0 Å². The van der Waals surface area contributed by atoms with Gasteiger partial charge in [-0.05, 0) is 17.7 Å². The molecule has 0 aliphatic heterocycles. The Morgan fingerprint density at radius 2 is 1.94 bits per heavy atom. The molecule has 0 heterocycles. The Kier molecular flexibility index (Phi) is 5.02. The van der Waals surface area contributed by atoms with Crippen LogP contribution in [0.15, 0.2) is 36.4 Å². The molecular weight excluding hydrogens is 204 g/mol. The Morgan fingerprint density at radius 1 is 1.31 bits per heavy atom. The minimum Gasteiger partial charge on any atom is -0.497 e. The zero-order chi connectivity index (χ0) is 12.0. The molecular formula is C13H18O3. The van der Waals surface area contributed by atoms with Gasteiger partial charge in [0.1, 0.15) is 5.75 Å². The lowest BCUT2D eigenvalue weighted by Gasteiger charge is -2.16. The van der Waals surface area contributed by atoms with E-state index in [0.29, 0.717) is 0 Å². The Balaban J connectivity index is 2.71. The third-order valence-electron chi connectivity index (χ3n) is 2.50. The molecule has 3 nitrogen and oxygen atoms in total. The van der Waals surface area contributed by atoms with E-state index in [2.05, 4.69) is 0 Å². The summed E-state index contributed by atoms with van der Waals surface area (Å²) in [7, 11) is 1.61. The van der Waals surface area contributed by atoms with Crippen molar-refractivity contribution in [2.24, 2.45) is 5.92 Å². The number of rotatable bonds is 5. The van der Waals surface area contributed by atoms with Gasteiger partial charge in [0.15, 0.2) is 0 Å². The number of benzene rings is 1. The van der Waals surface area contributed by atoms with Crippen LogP contribution < -0.4 is 4.74 Å². The first-order valence-corrected chi connectivity index (χ1v) is 5.28. The standard InChI is InChI=1S/C13H18O3/c1-10(4-3-9-14)13(15)11-5-7-12(16-2)8-6-11/h3-8,10,13-15H,9H2,1-2H3/b4-3+/t10-,13-/m0/s1. The first-order valence-electron chi connectivity index (χ1n) is 5.28. The highest BCUT2D eigenvalue weighted by molar-refractivity contribution is 5.29. The van der Waals surface area contributed by atoms with Gasteiger partial charge < -0.3 is 14.9 Å². The van der Waals surface area contributed by atoms with Gasteiger partial charge in [0, 0.05) is 5.92 Å². The molecule has 0 radical (unpaired) electrons. The number of hydrogen-bond donors (Lipinski definition) is 2. The van der Waals surface area contributed by atoms with Crippen LogP contribution in [0.5, 0.6) is 5.75 Å². The van der Waals surface area contributed by atoms with Crippen LogP contribution in [0.4, 0.5) is 0 Å². The average molecular weight is 222 g/mol. The van der Waals surface area contributed by atoms with Crippen LogP contribution in [0, 0.1) is 5.92 Å². The summed E-state index contributed by atoms with van der Waals surface area (Å²) in [5.41, 5.74) is 0.843.